The van der Waals surface area contributed by atoms with E-state index in [0.717, 1.165) is 32.1 Å². The van der Waals surface area contributed by atoms with Crippen molar-refractivity contribution in [3.63, 3.8) is 0 Å². The minimum absolute atomic E-state index is 0.0347. The van der Waals surface area contributed by atoms with Crippen LogP contribution in [0.1, 0.15) is 56.9 Å². The Morgan fingerprint density at radius 2 is 1.96 bits per heavy atom. The summed E-state index contributed by atoms with van der Waals surface area (Å²) in [6.45, 7) is 0. The van der Waals surface area contributed by atoms with E-state index in [1.165, 1.54) is 6.07 Å². The van der Waals surface area contributed by atoms with Gasteiger partial charge < -0.3 is 5.11 Å². The van der Waals surface area contributed by atoms with Crippen LogP contribution in [0.25, 0.3) is 6.08 Å². The molecule has 1 aromatic rings. The van der Waals surface area contributed by atoms with Gasteiger partial charge >= 0.3 is 5.97 Å². The number of Topliss-reactive ketones (excluding diaryl/α,β-unsaturated/α-hetero) is 1. The van der Waals surface area contributed by atoms with Gasteiger partial charge in [-0.2, -0.15) is 0 Å². The lowest BCUT2D eigenvalue weighted by atomic mass is 9.89. The number of rotatable bonds is 9. The molecule has 0 amide bonds. The van der Waals surface area contributed by atoms with Gasteiger partial charge in [-0.1, -0.05) is 49.6 Å². The average Bonchev–Trinajstić information content (AvgIpc) is 2.90. The average molecular weight is 332 g/mol. The molecule has 3 nitrogen and oxygen atoms in total. The molecule has 1 fully saturated rings. The normalized spacial score (nSPS) is 20.8. The molecule has 0 saturated heterocycles. The highest BCUT2D eigenvalue weighted by Gasteiger charge is 2.32. The van der Waals surface area contributed by atoms with Crippen molar-refractivity contribution in [3.05, 3.63) is 41.7 Å². The van der Waals surface area contributed by atoms with Gasteiger partial charge in [-0.25, -0.2) is 4.39 Å². The SMILES string of the molecule is O=C(O)CCCCCCC1C(=O)CCC1C=Cc1ccccc1F. The van der Waals surface area contributed by atoms with Gasteiger partial charge in [0.25, 0.3) is 0 Å². The third-order valence-electron chi connectivity index (χ3n) is 4.74. The van der Waals surface area contributed by atoms with Gasteiger partial charge in [-0.15, -0.1) is 0 Å². The fourth-order valence-corrected chi connectivity index (χ4v) is 3.37. The second kappa shape index (κ2) is 9.36. The van der Waals surface area contributed by atoms with Crippen LogP contribution < -0.4 is 0 Å². The molecule has 2 atom stereocenters. The molecule has 1 aromatic carbocycles. The van der Waals surface area contributed by atoms with Crippen LogP contribution in [0.2, 0.25) is 0 Å². The third-order valence-corrected chi connectivity index (χ3v) is 4.74. The summed E-state index contributed by atoms with van der Waals surface area (Å²) in [6, 6.07) is 6.64. The van der Waals surface area contributed by atoms with E-state index < -0.39 is 5.97 Å². The van der Waals surface area contributed by atoms with Crippen LogP contribution in [0.3, 0.4) is 0 Å². The van der Waals surface area contributed by atoms with Gasteiger partial charge in [0.15, 0.2) is 0 Å². The summed E-state index contributed by atoms with van der Waals surface area (Å²) < 4.78 is 13.7. The largest absolute Gasteiger partial charge is 0.481 e. The second-order valence-electron chi connectivity index (χ2n) is 6.50. The van der Waals surface area contributed by atoms with Gasteiger partial charge in [0.1, 0.15) is 11.6 Å². The molecule has 0 radical (unpaired) electrons. The zero-order chi connectivity index (χ0) is 17.4. The Morgan fingerprint density at radius 3 is 2.71 bits per heavy atom. The molecule has 1 aliphatic rings. The molecule has 4 heteroatoms. The molecule has 1 N–H and O–H groups in total. The number of benzene rings is 1. The monoisotopic (exact) mass is 332 g/mol. The Bertz CT molecular complexity index is 594. The first-order valence-electron chi connectivity index (χ1n) is 8.75. The van der Waals surface area contributed by atoms with E-state index in [9.17, 15) is 14.0 Å². The fraction of sp³-hybridized carbons (Fsp3) is 0.500. The number of hydrogen-bond donors (Lipinski definition) is 1. The number of unbranched alkanes of at least 4 members (excludes halogenated alkanes) is 3. The third kappa shape index (κ3) is 5.59. The van der Waals surface area contributed by atoms with Crippen LogP contribution in [0.4, 0.5) is 4.39 Å². The first-order valence-corrected chi connectivity index (χ1v) is 8.75. The van der Waals surface area contributed by atoms with Crippen molar-refractivity contribution in [2.24, 2.45) is 11.8 Å². The van der Waals surface area contributed by atoms with E-state index in [0.29, 0.717) is 24.2 Å². The Labute approximate surface area is 142 Å². The Morgan fingerprint density at radius 1 is 1.21 bits per heavy atom. The van der Waals surface area contributed by atoms with Crippen molar-refractivity contribution in [1.82, 2.24) is 0 Å². The van der Waals surface area contributed by atoms with Gasteiger partial charge in [0.05, 0.1) is 0 Å². The summed E-state index contributed by atoms with van der Waals surface area (Å²) in [7, 11) is 0. The minimum atomic E-state index is -0.751. The van der Waals surface area contributed by atoms with E-state index >= 15 is 0 Å². The van der Waals surface area contributed by atoms with Crippen molar-refractivity contribution >= 4 is 17.8 Å². The summed E-state index contributed by atoms with van der Waals surface area (Å²) in [5, 5.41) is 8.61. The van der Waals surface area contributed by atoms with Crippen molar-refractivity contribution in [3.8, 4) is 0 Å². The molecule has 130 valence electrons. The highest BCUT2D eigenvalue weighted by atomic mass is 19.1. The number of carbonyl (C=O) groups excluding carboxylic acids is 1. The van der Waals surface area contributed by atoms with Crippen LogP contribution in [-0.2, 0) is 9.59 Å². The fourth-order valence-electron chi connectivity index (χ4n) is 3.37. The number of carboxylic acid groups (broad SMARTS) is 1. The predicted molar refractivity (Wildman–Crippen MR) is 92.0 cm³/mol. The lowest BCUT2D eigenvalue weighted by Gasteiger charge is -2.14. The zero-order valence-corrected chi connectivity index (χ0v) is 13.9. The molecule has 2 unspecified atom stereocenters. The maximum atomic E-state index is 13.7. The van der Waals surface area contributed by atoms with Crippen LogP contribution in [-0.4, -0.2) is 16.9 Å². The van der Waals surface area contributed by atoms with Crippen molar-refractivity contribution in [2.75, 3.05) is 0 Å². The summed E-state index contributed by atoms with van der Waals surface area (Å²) >= 11 is 0. The van der Waals surface area contributed by atoms with Crippen LogP contribution in [0.15, 0.2) is 30.3 Å². The number of carboxylic acids is 1. The van der Waals surface area contributed by atoms with E-state index in [1.54, 1.807) is 24.3 Å². The summed E-state index contributed by atoms with van der Waals surface area (Å²) in [5.41, 5.74) is 0.560. The molecule has 1 saturated carbocycles. The number of carbonyl (C=O) groups is 2. The first kappa shape index (κ1) is 18.4. The smallest absolute Gasteiger partial charge is 0.303 e. The molecule has 2 rings (SSSR count). The van der Waals surface area contributed by atoms with Crippen LogP contribution >= 0.6 is 0 Å². The Hall–Kier alpha value is -1.97. The topological polar surface area (TPSA) is 54.4 Å². The van der Waals surface area contributed by atoms with Crippen molar-refractivity contribution in [2.45, 2.75) is 51.4 Å². The van der Waals surface area contributed by atoms with Crippen molar-refractivity contribution in [1.29, 1.82) is 0 Å². The molecule has 24 heavy (non-hydrogen) atoms. The maximum absolute atomic E-state index is 13.7. The van der Waals surface area contributed by atoms with E-state index in [4.69, 9.17) is 5.11 Å². The standard InChI is InChI=1S/C20H25FO3/c21-18-9-6-5-7-16(18)12-11-15-13-14-19(22)17(15)8-3-1-2-4-10-20(23)24/h5-7,9,11-12,15,17H,1-4,8,10,13-14H2,(H,23,24). The molecule has 0 aromatic heterocycles. The lowest BCUT2D eigenvalue weighted by molar-refractivity contribution is -0.137. The van der Waals surface area contributed by atoms with Crippen molar-refractivity contribution < 1.29 is 19.1 Å². The predicted octanol–water partition coefficient (Wildman–Crippen LogP) is 4.86. The number of ketones is 1. The van der Waals surface area contributed by atoms with Gasteiger partial charge in [0, 0.05) is 24.3 Å². The zero-order valence-electron chi connectivity index (χ0n) is 13.9. The number of hydrogen-bond acceptors (Lipinski definition) is 2. The first-order chi connectivity index (χ1) is 11.6. The number of halogens is 1. The maximum Gasteiger partial charge on any atom is 0.303 e. The lowest BCUT2D eigenvalue weighted by Crippen LogP contribution is -2.13. The van der Waals surface area contributed by atoms with Gasteiger partial charge in [-0.3, -0.25) is 9.59 Å². The molecule has 0 heterocycles. The van der Waals surface area contributed by atoms with E-state index in [2.05, 4.69) is 0 Å². The number of allylic oxidation sites excluding steroid dienone is 1. The number of aliphatic carboxylic acids is 1. The van der Waals surface area contributed by atoms with Crippen LogP contribution in [0, 0.1) is 17.7 Å². The Kier molecular flexibility index (Phi) is 7.16. The molecule has 0 spiro atoms. The molecular weight excluding hydrogens is 307 g/mol. The summed E-state index contributed by atoms with van der Waals surface area (Å²) in [4.78, 5) is 22.5. The summed E-state index contributed by atoms with van der Waals surface area (Å²) in [5.74, 6) is -0.459. The van der Waals surface area contributed by atoms with Crippen LogP contribution in [0.5, 0.6) is 0 Å². The second-order valence-corrected chi connectivity index (χ2v) is 6.50. The highest BCUT2D eigenvalue weighted by Crippen LogP contribution is 2.34. The van der Waals surface area contributed by atoms with Gasteiger partial charge in [-0.05, 0) is 31.2 Å². The molecule has 1 aliphatic carbocycles. The summed E-state index contributed by atoms with van der Waals surface area (Å²) in [6.07, 6.45) is 9.78. The van der Waals surface area contributed by atoms with E-state index in [-0.39, 0.29) is 24.1 Å². The quantitative estimate of drug-likeness (QED) is 0.657. The molecule has 0 aliphatic heterocycles. The highest BCUT2D eigenvalue weighted by molar-refractivity contribution is 5.84. The Balaban J connectivity index is 1.81. The molecular formula is C20H25FO3. The van der Waals surface area contributed by atoms with E-state index in [1.807, 2.05) is 6.08 Å². The minimum Gasteiger partial charge on any atom is -0.481 e. The molecule has 0 bridgehead atoms. The van der Waals surface area contributed by atoms with Gasteiger partial charge in [0.2, 0.25) is 0 Å².